The number of nitrogen functional groups attached to an aromatic ring is 1. The summed E-state index contributed by atoms with van der Waals surface area (Å²) in [4.78, 5) is 0. The third-order valence-electron chi connectivity index (χ3n) is 2.68. The van der Waals surface area contributed by atoms with Gasteiger partial charge in [-0.25, -0.2) is 0 Å². The standard InChI is InChI=1S/C15H16N2O/c1-11(16)14-9-13(7-8-15(14)17)18-10-12-5-3-2-4-6-12/h2-9,16H,10,17H2,1H3. The first-order valence-electron chi connectivity index (χ1n) is 5.78. The molecule has 3 N–H and O–H groups in total. The van der Waals surface area contributed by atoms with Crippen molar-refractivity contribution in [3.63, 3.8) is 0 Å². The molecule has 0 unspecified atom stereocenters. The maximum absolute atomic E-state index is 7.63. The second-order valence-electron chi connectivity index (χ2n) is 4.15. The summed E-state index contributed by atoms with van der Waals surface area (Å²) in [6, 6.07) is 15.4. The summed E-state index contributed by atoms with van der Waals surface area (Å²) in [6.07, 6.45) is 0. The lowest BCUT2D eigenvalue weighted by Crippen LogP contribution is -2.01. The van der Waals surface area contributed by atoms with Crippen LogP contribution in [0.5, 0.6) is 5.75 Å². The quantitative estimate of drug-likeness (QED) is 0.636. The van der Waals surface area contributed by atoms with Crippen molar-refractivity contribution in [2.75, 3.05) is 5.73 Å². The van der Waals surface area contributed by atoms with Gasteiger partial charge in [-0.3, -0.25) is 0 Å². The van der Waals surface area contributed by atoms with Crippen molar-refractivity contribution >= 4 is 11.4 Å². The van der Waals surface area contributed by atoms with Crippen molar-refractivity contribution in [3.05, 3.63) is 59.7 Å². The number of ether oxygens (including phenoxy) is 1. The van der Waals surface area contributed by atoms with E-state index in [-0.39, 0.29) is 0 Å². The Morgan fingerprint density at radius 2 is 1.89 bits per heavy atom. The number of nitrogens with two attached hydrogens (primary N) is 1. The van der Waals surface area contributed by atoms with E-state index in [4.69, 9.17) is 15.9 Å². The van der Waals surface area contributed by atoms with E-state index >= 15 is 0 Å². The summed E-state index contributed by atoms with van der Waals surface area (Å²) in [5.74, 6) is 0.731. The maximum atomic E-state index is 7.63. The third kappa shape index (κ3) is 2.88. The lowest BCUT2D eigenvalue weighted by molar-refractivity contribution is 0.306. The van der Waals surface area contributed by atoms with Gasteiger partial charge in [0, 0.05) is 17.0 Å². The van der Waals surface area contributed by atoms with Crippen LogP contribution in [-0.4, -0.2) is 5.71 Å². The summed E-state index contributed by atoms with van der Waals surface area (Å²) in [6.45, 7) is 2.23. The molecule has 3 nitrogen and oxygen atoms in total. The smallest absolute Gasteiger partial charge is 0.120 e. The first-order chi connectivity index (χ1) is 8.66. The molecule has 0 spiro atoms. The van der Waals surface area contributed by atoms with E-state index in [0.29, 0.717) is 18.0 Å². The van der Waals surface area contributed by atoms with Crippen LogP contribution < -0.4 is 10.5 Å². The van der Waals surface area contributed by atoms with Crippen LogP contribution in [0.3, 0.4) is 0 Å². The van der Waals surface area contributed by atoms with Gasteiger partial charge in [-0.05, 0) is 30.7 Å². The second-order valence-corrected chi connectivity index (χ2v) is 4.15. The molecule has 3 heteroatoms. The average Bonchev–Trinajstić information content (AvgIpc) is 2.38. The Labute approximate surface area is 107 Å². The predicted octanol–water partition coefficient (Wildman–Crippen LogP) is 3.24. The van der Waals surface area contributed by atoms with Gasteiger partial charge in [-0.2, -0.15) is 0 Å². The first-order valence-corrected chi connectivity index (χ1v) is 5.78. The van der Waals surface area contributed by atoms with E-state index in [0.717, 1.165) is 16.9 Å². The van der Waals surface area contributed by atoms with Crippen molar-refractivity contribution in [1.29, 1.82) is 5.41 Å². The lowest BCUT2D eigenvalue weighted by atomic mass is 10.1. The Morgan fingerprint density at radius 1 is 1.17 bits per heavy atom. The first kappa shape index (κ1) is 12.2. The fraction of sp³-hybridized carbons (Fsp3) is 0.133. The summed E-state index contributed by atoms with van der Waals surface area (Å²) >= 11 is 0. The number of benzene rings is 2. The molecule has 2 rings (SSSR count). The third-order valence-corrected chi connectivity index (χ3v) is 2.68. The Kier molecular flexibility index (Phi) is 3.63. The molecule has 0 atom stereocenters. The van der Waals surface area contributed by atoms with Crippen LogP contribution in [0.1, 0.15) is 18.1 Å². The van der Waals surface area contributed by atoms with E-state index in [1.165, 1.54) is 0 Å². The fourth-order valence-corrected chi connectivity index (χ4v) is 1.69. The van der Waals surface area contributed by atoms with Gasteiger partial charge >= 0.3 is 0 Å². The molecule has 0 radical (unpaired) electrons. The minimum atomic E-state index is 0.442. The number of hydrogen-bond donors (Lipinski definition) is 2. The van der Waals surface area contributed by atoms with E-state index in [9.17, 15) is 0 Å². The number of rotatable bonds is 4. The van der Waals surface area contributed by atoms with Crippen molar-refractivity contribution in [3.8, 4) is 5.75 Å². The SMILES string of the molecule is CC(=N)c1cc(OCc2ccccc2)ccc1N. The molecule has 2 aromatic rings. The van der Waals surface area contributed by atoms with Crippen LogP contribution >= 0.6 is 0 Å². The highest BCUT2D eigenvalue weighted by Gasteiger charge is 2.04. The van der Waals surface area contributed by atoms with Crippen molar-refractivity contribution in [1.82, 2.24) is 0 Å². The summed E-state index contributed by atoms with van der Waals surface area (Å²) in [5, 5.41) is 7.63. The topological polar surface area (TPSA) is 59.1 Å². The van der Waals surface area contributed by atoms with Crippen molar-refractivity contribution in [2.45, 2.75) is 13.5 Å². The molecule has 0 fully saturated rings. The molecule has 2 aromatic carbocycles. The Balaban J connectivity index is 2.11. The molecule has 92 valence electrons. The zero-order chi connectivity index (χ0) is 13.0. The average molecular weight is 240 g/mol. The molecular weight excluding hydrogens is 224 g/mol. The van der Waals surface area contributed by atoms with Crippen LogP contribution in [0, 0.1) is 5.41 Å². The predicted molar refractivity (Wildman–Crippen MR) is 74.1 cm³/mol. The maximum Gasteiger partial charge on any atom is 0.120 e. The lowest BCUT2D eigenvalue weighted by Gasteiger charge is -2.09. The minimum Gasteiger partial charge on any atom is -0.489 e. The largest absolute Gasteiger partial charge is 0.489 e. The minimum absolute atomic E-state index is 0.442. The van der Waals surface area contributed by atoms with Gasteiger partial charge in [0.1, 0.15) is 12.4 Å². The highest BCUT2D eigenvalue weighted by atomic mass is 16.5. The van der Waals surface area contributed by atoms with Crippen molar-refractivity contribution in [2.24, 2.45) is 0 Å². The molecule has 0 aliphatic rings. The van der Waals surface area contributed by atoms with Crippen LogP contribution in [0.25, 0.3) is 0 Å². The van der Waals surface area contributed by atoms with Gasteiger partial charge in [0.25, 0.3) is 0 Å². The van der Waals surface area contributed by atoms with Crippen molar-refractivity contribution < 1.29 is 4.74 Å². The molecule has 18 heavy (non-hydrogen) atoms. The normalized spacial score (nSPS) is 10.1. The highest BCUT2D eigenvalue weighted by Crippen LogP contribution is 2.21. The van der Waals surface area contributed by atoms with Gasteiger partial charge in [0.05, 0.1) is 0 Å². The number of hydrogen-bond acceptors (Lipinski definition) is 3. The zero-order valence-corrected chi connectivity index (χ0v) is 10.3. The summed E-state index contributed by atoms with van der Waals surface area (Å²) in [5.41, 5.74) is 8.69. The molecule has 0 heterocycles. The molecular formula is C15H16N2O. The molecule has 0 aromatic heterocycles. The number of anilines is 1. The van der Waals surface area contributed by atoms with Gasteiger partial charge < -0.3 is 15.9 Å². The molecule has 0 saturated heterocycles. The van der Waals surface area contributed by atoms with Gasteiger partial charge in [0.2, 0.25) is 0 Å². The van der Waals surface area contributed by atoms with E-state index < -0.39 is 0 Å². The molecule has 0 aliphatic heterocycles. The number of nitrogens with one attached hydrogen (secondary N) is 1. The van der Waals surface area contributed by atoms with Crippen LogP contribution in [0.15, 0.2) is 48.5 Å². The molecule has 0 amide bonds. The second kappa shape index (κ2) is 5.36. The van der Waals surface area contributed by atoms with Gasteiger partial charge in [-0.1, -0.05) is 30.3 Å². The summed E-state index contributed by atoms with van der Waals surface area (Å²) < 4.78 is 5.69. The van der Waals surface area contributed by atoms with Crippen LogP contribution in [-0.2, 0) is 6.61 Å². The van der Waals surface area contributed by atoms with Gasteiger partial charge in [0.15, 0.2) is 0 Å². The molecule has 0 aliphatic carbocycles. The Morgan fingerprint density at radius 3 is 2.56 bits per heavy atom. The molecule has 0 bridgehead atoms. The van der Waals surface area contributed by atoms with E-state index in [1.807, 2.05) is 36.4 Å². The zero-order valence-electron chi connectivity index (χ0n) is 10.3. The van der Waals surface area contributed by atoms with E-state index in [1.54, 1.807) is 19.1 Å². The van der Waals surface area contributed by atoms with Crippen LogP contribution in [0.2, 0.25) is 0 Å². The fourth-order valence-electron chi connectivity index (χ4n) is 1.69. The van der Waals surface area contributed by atoms with Crippen LogP contribution in [0.4, 0.5) is 5.69 Å². The highest BCUT2D eigenvalue weighted by molar-refractivity contribution is 6.01. The molecule has 0 saturated carbocycles. The van der Waals surface area contributed by atoms with Gasteiger partial charge in [-0.15, -0.1) is 0 Å². The summed E-state index contributed by atoms with van der Waals surface area (Å²) in [7, 11) is 0. The Hall–Kier alpha value is -2.29. The monoisotopic (exact) mass is 240 g/mol. The van der Waals surface area contributed by atoms with E-state index in [2.05, 4.69) is 0 Å². The Bertz CT molecular complexity index is 550.